The number of alkyl halides is 3. The van der Waals surface area contributed by atoms with Gasteiger partial charge in [-0.1, -0.05) is 0 Å². The number of carbonyl (C=O) groups excluding carboxylic acids is 1. The first-order valence-electron chi connectivity index (χ1n) is 8.69. The Morgan fingerprint density at radius 1 is 1.22 bits per heavy atom. The van der Waals surface area contributed by atoms with Gasteiger partial charge >= 0.3 is 6.18 Å². The molecule has 1 aliphatic rings. The lowest BCUT2D eigenvalue weighted by molar-refractivity contribution is -0.137. The van der Waals surface area contributed by atoms with Crippen LogP contribution in [0.3, 0.4) is 0 Å². The summed E-state index contributed by atoms with van der Waals surface area (Å²) in [6.07, 6.45) is -2.19. The first-order chi connectivity index (χ1) is 12.8. The Morgan fingerprint density at radius 2 is 1.93 bits per heavy atom. The highest BCUT2D eigenvalue weighted by Crippen LogP contribution is 2.30. The molecular weight excluding hydrogens is 361 g/mol. The van der Waals surface area contributed by atoms with Gasteiger partial charge in [0, 0.05) is 24.0 Å². The van der Waals surface area contributed by atoms with E-state index in [1.807, 2.05) is 0 Å². The second kappa shape index (κ2) is 7.46. The largest absolute Gasteiger partial charge is 0.493 e. The van der Waals surface area contributed by atoms with Crippen LogP contribution in [-0.4, -0.2) is 17.1 Å². The first kappa shape index (κ1) is 19.0. The zero-order valence-corrected chi connectivity index (χ0v) is 14.7. The van der Waals surface area contributed by atoms with E-state index in [0.29, 0.717) is 18.7 Å². The van der Waals surface area contributed by atoms with E-state index in [1.54, 1.807) is 11.5 Å². The van der Waals surface area contributed by atoms with E-state index < -0.39 is 17.6 Å². The molecule has 0 unspecified atom stereocenters. The highest BCUT2D eigenvalue weighted by Gasteiger charge is 2.30. The quantitative estimate of drug-likeness (QED) is 0.876. The van der Waals surface area contributed by atoms with Crippen molar-refractivity contribution < 1.29 is 22.7 Å². The van der Waals surface area contributed by atoms with Gasteiger partial charge in [-0.2, -0.15) is 13.2 Å². The number of anilines is 1. The first-order valence-corrected chi connectivity index (χ1v) is 8.69. The lowest BCUT2D eigenvalue weighted by Gasteiger charge is -2.23. The molecule has 144 valence electrons. The molecule has 0 bridgehead atoms. The monoisotopic (exact) mass is 380 g/mol. The van der Waals surface area contributed by atoms with E-state index in [1.165, 1.54) is 18.2 Å². The number of ether oxygens (including phenoxy) is 1. The third-order valence-corrected chi connectivity index (χ3v) is 4.42. The van der Waals surface area contributed by atoms with Crippen molar-refractivity contribution in [2.75, 3.05) is 11.9 Å². The van der Waals surface area contributed by atoms with Crippen LogP contribution in [0.2, 0.25) is 0 Å². The molecule has 2 heterocycles. The van der Waals surface area contributed by atoms with Crippen molar-refractivity contribution in [2.24, 2.45) is 0 Å². The summed E-state index contributed by atoms with van der Waals surface area (Å²) in [6, 6.07) is 5.50. The van der Waals surface area contributed by atoms with E-state index in [-0.39, 0.29) is 29.2 Å². The van der Waals surface area contributed by atoms with Crippen molar-refractivity contribution in [2.45, 2.75) is 38.9 Å². The van der Waals surface area contributed by atoms with Gasteiger partial charge in [-0.3, -0.25) is 9.59 Å². The summed E-state index contributed by atoms with van der Waals surface area (Å²) in [5.41, 5.74) is 0.0762. The summed E-state index contributed by atoms with van der Waals surface area (Å²) in [4.78, 5) is 25.1. The highest BCUT2D eigenvalue weighted by atomic mass is 19.4. The number of aromatic nitrogens is 1. The maximum atomic E-state index is 12.8. The second-order valence-corrected chi connectivity index (χ2v) is 6.24. The lowest BCUT2D eigenvalue weighted by atomic mass is 10.0. The third-order valence-electron chi connectivity index (χ3n) is 4.42. The molecule has 8 heteroatoms. The molecule has 0 aliphatic carbocycles. The number of benzene rings is 1. The van der Waals surface area contributed by atoms with Crippen LogP contribution < -0.4 is 15.6 Å². The molecule has 5 nitrogen and oxygen atoms in total. The van der Waals surface area contributed by atoms with Crippen LogP contribution in [0.25, 0.3) is 0 Å². The van der Waals surface area contributed by atoms with Gasteiger partial charge in [-0.05, 0) is 50.5 Å². The number of nitrogens with zero attached hydrogens (tertiary/aromatic N) is 1. The standard InChI is InChI=1S/C19H19F3N2O3/c1-2-27-15-11-16(25)24-10-4-3-5-14(24)17(15)18(26)23-13-8-6-12(7-9-13)19(20,21)22/h6-9,11H,2-5,10H2,1H3,(H,23,26). The minimum absolute atomic E-state index is 0.195. The van der Waals surface area contributed by atoms with Gasteiger partial charge in [0.1, 0.15) is 11.3 Å². The highest BCUT2D eigenvalue weighted by molar-refractivity contribution is 6.07. The summed E-state index contributed by atoms with van der Waals surface area (Å²) in [5.74, 6) is -0.316. The van der Waals surface area contributed by atoms with Crippen molar-refractivity contribution in [3.05, 3.63) is 57.5 Å². The van der Waals surface area contributed by atoms with Crippen molar-refractivity contribution in [3.8, 4) is 5.75 Å². The van der Waals surface area contributed by atoms with Gasteiger partial charge < -0.3 is 14.6 Å². The van der Waals surface area contributed by atoms with Crippen LogP contribution in [0, 0.1) is 0 Å². The maximum absolute atomic E-state index is 12.8. The van der Waals surface area contributed by atoms with Gasteiger partial charge in [0.25, 0.3) is 11.5 Å². The normalized spacial score (nSPS) is 13.8. The summed E-state index contributed by atoms with van der Waals surface area (Å²) in [7, 11) is 0. The molecule has 0 atom stereocenters. The second-order valence-electron chi connectivity index (χ2n) is 6.24. The summed E-state index contributed by atoms with van der Waals surface area (Å²) < 4.78 is 45.1. The van der Waals surface area contributed by atoms with Crippen molar-refractivity contribution in [1.82, 2.24) is 4.57 Å². The average Bonchev–Trinajstić information content (AvgIpc) is 2.62. The Morgan fingerprint density at radius 3 is 2.56 bits per heavy atom. The van der Waals surface area contributed by atoms with Crippen LogP contribution in [0.4, 0.5) is 18.9 Å². The molecule has 1 aliphatic heterocycles. The molecule has 0 radical (unpaired) electrons. The van der Waals surface area contributed by atoms with E-state index in [0.717, 1.165) is 25.0 Å². The predicted octanol–water partition coefficient (Wildman–Crippen LogP) is 3.85. The minimum Gasteiger partial charge on any atom is -0.493 e. The van der Waals surface area contributed by atoms with Crippen molar-refractivity contribution in [3.63, 3.8) is 0 Å². The molecule has 27 heavy (non-hydrogen) atoms. The fraction of sp³-hybridized carbons (Fsp3) is 0.368. The Labute approximate surface area is 153 Å². The Hall–Kier alpha value is -2.77. The minimum atomic E-state index is -4.44. The maximum Gasteiger partial charge on any atom is 0.416 e. The summed E-state index contributed by atoms with van der Waals surface area (Å²) in [5, 5.41) is 2.60. The topological polar surface area (TPSA) is 60.3 Å². The Bertz CT molecular complexity index is 902. The fourth-order valence-corrected chi connectivity index (χ4v) is 3.19. The molecule has 0 saturated heterocycles. The van der Waals surface area contributed by atoms with Crippen molar-refractivity contribution in [1.29, 1.82) is 0 Å². The molecule has 1 amide bonds. The molecule has 0 fully saturated rings. The van der Waals surface area contributed by atoms with E-state index in [9.17, 15) is 22.8 Å². The number of fused-ring (bicyclic) bond motifs is 1. The summed E-state index contributed by atoms with van der Waals surface area (Å²) >= 11 is 0. The fourth-order valence-electron chi connectivity index (χ4n) is 3.19. The molecule has 3 rings (SSSR count). The SMILES string of the molecule is CCOc1cc(=O)n2c(c1C(=O)Nc1ccc(C(F)(F)F)cc1)CCCC2. The number of rotatable bonds is 4. The van der Waals surface area contributed by atoms with Crippen LogP contribution in [0.1, 0.15) is 41.4 Å². The van der Waals surface area contributed by atoms with Gasteiger partial charge in [0.05, 0.1) is 12.2 Å². The molecule has 0 saturated carbocycles. The molecule has 2 aromatic rings. The van der Waals surface area contributed by atoms with Crippen LogP contribution >= 0.6 is 0 Å². The van der Waals surface area contributed by atoms with Crippen LogP contribution in [0.15, 0.2) is 35.1 Å². The molecule has 1 aromatic carbocycles. The Balaban J connectivity index is 1.95. The zero-order valence-electron chi connectivity index (χ0n) is 14.7. The predicted molar refractivity (Wildman–Crippen MR) is 94.2 cm³/mol. The van der Waals surface area contributed by atoms with E-state index in [2.05, 4.69) is 5.32 Å². The number of halogens is 3. The number of hydrogen-bond acceptors (Lipinski definition) is 3. The van der Waals surface area contributed by atoms with E-state index >= 15 is 0 Å². The number of nitrogens with one attached hydrogen (secondary N) is 1. The smallest absolute Gasteiger partial charge is 0.416 e. The molecule has 0 spiro atoms. The summed E-state index contributed by atoms with van der Waals surface area (Å²) in [6.45, 7) is 2.55. The van der Waals surface area contributed by atoms with Gasteiger partial charge in [0.15, 0.2) is 0 Å². The molecule has 1 aromatic heterocycles. The van der Waals surface area contributed by atoms with Gasteiger partial charge in [0.2, 0.25) is 0 Å². The average molecular weight is 380 g/mol. The number of carbonyl (C=O) groups is 1. The van der Waals surface area contributed by atoms with Gasteiger partial charge in [-0.25, -0.2) is 0 Å². The Kier molecular flexibility index (Phi) is 5.25. The molecular formula is C19H19F3N2O3. The van der Waals surface area contributed by atoms with Crippen LogP contribution in [-0.2, 0) is 19.1 Å². The third kappa shape index (κ3) is 3.99. The van der Waals surface area contributed by atoms with E-state index in [4.69, 9.17) is 4.74 Å². The van der Waals surface area contributed by atoms with Crippen molar-refractivity contribution >= 4 is 11.6 Å². The lowest BCUT2D eigenvalue weighted by Crippen LogP contribution is -2.31. The zero-order chi connectivity index (χ0) is 19.6. The number of amides is 1. The molecule has 1 N–H and O–H groups in total. The number of hydrogen-bond donors (Lipinski definition) is 1. The van der Waals surface area contributed by atoms with Crippen LogP contribution in [0.5, 0.6) is 5.75 Å². The number of pyridine rings is 1. The van der Waals surface area contributed by atoms with Gasteiger partial charge in [-0.15, -0.1) is 0 Å².